The van der Waals surface area contributed by atoms with Crippen molar-refractivity contribution in [3.63, 3.8) is 0 Å². The summed E-state index contributed by atoms with van der Waals surface area (Å²) in [5.74, 6) is 1.07. The Morgan fingerprint density at radius 3 is 2.37 bits per heavy atom. The van der Waals surface area contributed by atoms with E-state index >= 15 is 0 Å². The number of carbonyl (C=O) groups excluding carboxylic acids is 1. The van der Waals surface area contributed by atoms with Crippen molar-refractivity contribution in [1.82, 2.24) is 9.80 Å². The lowest BCUT2D eigenvalue weighted by Gasteiger charge is -2.21. The van der Waals surface area contributed by atoms with Crippen LogP contribution >= 0.6 is 0 Å². The Hall–Kier alpha value is -3.68. The molecule has 1 saturated heterocycles. The van der Waals surface area contributed by atoms with Gasteiger partial charge in [0.25, 0.3) is 0 Å². The van der Waals surface area contributed by atoms with Gasteiger partial charge in [-0.05, 0) is 80.0 Å². The second-order valence-electron chi connectivity index (χ2n) is 9.08. The minimum Gasteiger partial charge on any atom is -0.478 e. The first-order valence-electron chi connectivity index (χ1n) is 11.8. The van der Waals surface area contributed by atoms with Crippen LogP contribution in [-0.4, -0.2) is 60.0 Å². The maximum atomic E-state index is 12.6. The van der Waals surface area contributed by atoms with Crippen molar-refractivity contribution < 1.29 is 19.4 Å². The molecule has 1 atom stereocenters. The van der Waals surface area contributed by atoms with Crippen LogP contribution in [0.4, 0.5) is 5.69 Å². The van der Waals surface area contributed by atoms with E-state index in [1.807, 2.05) is 66.7 Å². The van der Waals surface area contributed by atoms with Gasteiger partial charge in [-0.25, -0.2) is 4.79 Å². The van der Waals surface area contributed by atoms with Gasteiger partial charge in [0.05, 0.1) is 12.1 Å². The summed E-state index contributed by atoms with van der Waals surface area (Å²) in [5.41, 5.74) is 2.14. The van der Waals surface area contributed by atoms with Crippen LogP contribution in [0.3, 0.4) is 0 Å². The number of amides is 1. The highest BCUT2D eigenvalue weighted by Gasteiger charge is 2.25. The number of carboxylic acids is 1. The number of nitrogens with zero attached hydrogens (tertiary/aromatic N) is 2. The zero-order chi connectivity index (χ0) is 24.6. The van der Waals surface area contributed by atoms with Gasteiger partial charge in [-0.3, -0.25) is 9.69 Å². The maximum Gasteiger partial charge on any atom is 0.335 e. The molecule has 7 heteroatoms. The van der Waals surface area contributed by atoms with E-state index in [9.17, 15) is 9.59 Å². The fraction of sp³-hybridized carbons (Fsp3) is 0.286. The van der Waals surface area contributed by atoms with Crippen LogP contribution in [0.1, 0.15) is 22.3 Å². The highest BCUT2D eigenvalue weighted by molar-refractivity contribution is 5.92. The molecule has 0 spiro atoms. The molecule has 1 amide bonds. The predicted octanol–water partition coefficient (Wildman–Crippen LogP) is 4.57. The topological polar surface area (TPSA) is 82.1 Å². The molecule has 1 heterocycles. The molecular weight excluding hydrogens is 442 g/mol. The van der Waals surface area contributed by atoms with E-state index in [2.05, 4.69) is 22.2 Å². The molecule has 3 aromatic carbocycles. The normalized spacial score (nSPS) is 15.8. The van der Waals surface area contributed by atoms with Gasteiger partial charge in [0, 0.05) is 25.3 Å². The monoisotopic (exact) mass is 473 g/mol. The first-order chi connectivity index (χ1) is 16.9. The van der Waals surface area contributed by atoms with Crippen molar-refractivity contribution in [3.8, 4) is 11.5 Å². The van der Waals surface area contributed by atoms with Gasteiger partial charge in [0.15, 0.2) is 0 Å². The Morgan fingerprint density at radius 2 is 1.69 bits per heavy atom. The second-order valence-corrected chi connectivity index (χ2v) is 9.08. The van der Waals surface area contributed by atoms with E-state index in [1.54, 1.807) is 12.1 Å². The number of aromatic carboxylic acids is 1. The minimum atomic E-state index is -0.908. The smallest absolute Gasteiger partial charge is 0.335 e. The molecule has 182 valence electrons. The first-order valence-corrected chi connectivity index (χ1v) is 11.8. The van der Waals surface area contributed by atoms with Crippen molar-refractivity contribution in [3.05, 3.63) is 90.0 Å². The molecular formula is C28H31N3O4. The maximum absolute atomic E-state index is 12.6. The molecule has 1 aliphatic rings. The summed E-state index contributed by atoms with van der Waals surface area (Å²) < 4.78 is 5.79. The van der Waals surface area contributed by atoms with Crippen molar-refractivity contribution in [1.29, 1.82) is 0 Å². The number of hydrogen-bond donors (Lipinski definition) is 2. The minimum absolute atomic E-state index is 0.0192. The van der Waals surface area contributed by atoms with Gasteiger partial charge in [-0.15, -0.1) is 0 Å². The van der Waals surface area contributed by atoms with Crippen LogP contribution < -0.4 is 10.1 Å². The first kappa shape index (κ1) is 24.4. The number of ether oxygens (including phenoxy) is 1. The van der Waals surface area contributed by atoms with E-state index in [0.717, 1.165) is 55.3 Å². The lowest BCUT2D eigenvalue weighted by molar-refractivity contribution is -0.117. The molecule has 0 aromatic heterocycles. The Balaban J connectivity index is 1.18. The SMILES string of the molecule is CN(Cc1ccc(C(=O)O)cc1)CC1CCN(CC(=O)Nc2ccc(Oc3ccccc3)cc2)C1. The van der Waals surface area contributed by atoms with Crippen molar-refractivity contribution >= 4 is 17.6 Å². The fourth-order valence-corrected chi connectivity index (χ4v) is 4.41. The van der Waals surface area contributed by atoms with Gasteiger partial charge in [0.1, 0.15) is 11.5 Å². The summed E-state index contributed by atoms with van der Waals surface area (Å²) in [6.45, 7) is 3.87. The largest absolute Gasteiger partial charge is 0.478 e. The van der Waals surface area contributed by atoms with Crippen LogP contribution in [0.5, 0.6) is 11.5 Å². The van der Waals surface area contributed by atoms with E-state index in [1.165, 1.54) is 0 Å². The number of benzene rings is 3. The Kier molecular flexibility index (Phi) is 8.13. The zero-order valence-electron chi connectivity index (χ0n) is 19.9. The summed E-state index contributed by atoms with van der Waals surface area (Å²) in [6.07, 6.45) is 1.06. The summed E-state index contributed by atoms with van der Waals surface area (Å²) in [4.78, 5) is 28.0. The number of anilines is 1. The number of para-hydroxylation sites is 1. The number of hydrogen-bond acceptors (Lipinski definition) is 5. The van der Waals surface area contributed by atoms with E-state index in [-0.39, 0.29) is 5.91 Å². The van der Waals surface area contributed by atoms with Crippen LogP contribution in [-0.2, 0) is 11.3 Å². The molecule has 1 fully saturated rings. The van der Waals surface area contributed by atoms with Crippen molar-refractivity contribution in [2.75, 3.05) is 38.5 Å². The van der Waals surface area contributed by atoms with Crippen LogP contribution in [0.2, 0.25) is 0 Å². The molecule has 4 rings (SSSR count). The molecule has 0 aliphatic carbocycles. The predicted molar refractivity (Wildman–Crippen MR) is 136 cm³/mol. The number of rotatable bonds is 10. The van der Waals surface area contributed by atoms with Gasteiger partial charge in [-0.1, -0.05) is 30.3 Å². The van der Waals surface area contributed by atoms with Crippen LogP contribution in [0.15, 0.2) is 78.9 Å². The van der Waals surface area contributed by atoms with Crippen LogP contribution in [0, 0.1) is 5.92 Å². The quantitative estimate of drug-likeness (QED) is 0.449. The molecule has 35 heavy (non-hydrogen) atoms. The standard InChI is InChI=1S/C28H31N3O4/c1-30(17-21-7-9-23(10-8-21)28(33)34)18-22-15-16-31(19-22)20-27(32)29-24-11-13-26(14-12-24)35-25-5-3-2-4-6-25/h2-14,22H,15-20H2,1H3,(H,29,32)(H,33,34). The second kappa shape index (κ2) is 11.6. The van der Waals surface area contributed by atoms with Gasteiger partial charge in [0.2, 0.25) is 5.91 Å². The lowest BCUT2D eigenvalue weighted by atomic mass is 10.1. The average molecular weight is 474 g/mol. The number of carboxylic acid groups (broad SMARTS) is 1. The Labute approximate surface area is 205 Å². The van der Waals surface area contributed by atoms with Crippen LogP contribution in [0.25, 0.3) is 0 Å². The number of nitrogens with one attached hydrogen (secondary N) is 1. The summed E-state index contributed by atoms with van der Waals surface area (Å²) in [7, 11) is 2.08. The Bertz CT molecular complexity index is 1120. The third-order valence-electron chi connectivity index (χ3n) is 6.08. The summed E-state index contributed by atoms with van der Waals surface area (Å²) in [5, 5.41) is 12.0. The highest BCUT2D eigenvalue weighted by atomic mass is 16.5. The lowest BCUT2D eigenvalue weighted by Crippen LogP contribution is -2.33. The van der Waals surface area contributed by atoms with Gasteiger partial charge < -0.3 is 20.1 Å². The highest BCUT2D eigenvalue weighted by Crippen LogP contribution is 2.23. The molecule has 2 N–H and O–H groups in total. The molecule has 0 bridgehead atoms. The summed E-state index contributed by atoms with van der Waals surface area (Å²) in [6, 6.07) is 24.0. The number of likely N-dealkylation sites (tertiary alicyclic amines) is 1. The van der Waals surface area contributed by atoms with E-state index in [4.69, 9.17) is 9.84 Å². The Morgan fingerprint density at radius 1 is 1.00 bits per heavy atom. The number of carbonyl (C=O) groups is 2. The molecule has 3 aromatic rings. The van der Waals surface area contributed by atoms with Crippen molar-refractivity contribution in [2.24, 2.45) is 5.92 Å². The molecule has 0 saturated carbocycles. The van der Waals surface area contributed by atoms with E-state index < -0.39 is 5.97 Å². The third kappa shape index (κ3) is 7.40. The van der Waals surface area contributed by atoms with E-state index in [0.29, 0.717) is 18.0 Å². The third-order valence-corrected chi connectivity index (χ3v) is 6.08. The summed E-state index contributed by atoms with van der Waals surface area (Å²) >= 11 is 0. The van der Waals surface area contributed by atoms with Crippen molar-refractivity contribution in [2.45, 2.75) is 13.0 Å². The van der Waals surface area contributed by atoms with Gasteiger partial charge >= 0.3 is 5.97 Å². The zero-order valence-corrected chi connectivity index (χ0v) is 19.9. The molecule has 7 nitrogen and oxygen atoms in total. The average Bonchev–Trinajstić information content (AvgIpc) is 3.27. The molecule has 0 radical (unpaired) electrons. The van der Waals surface area contributed by atoms with Gasteiger partial charge in [-0.2, -0.15) is 0 Å². The molecule has 1 unspecified atom stereocenters. The fourth-order valence-electron chi connectivity index (χ4n) is 4.41. The molecule has 1 aliphatic heterocycles.